The molecule has 8 heteroatoms. The van der Waals surface area contributed by atoms with Crippen molar-refractivity contribution in [2.24, 2.45) is 5.41 Å². The molecule has 2 aliphatic heterocycles. The summed E-state index contributed by atoms with van der Waals surface area (Å²) in [5, 5.41) is 0. The zero-order chi connectivity index (χ0) is 20.4. The zero-order valence-electron chi connectivity index (χ0n) is 16.1. The molecule has 0 saturated heterocycles. The number of benzene rings is 1. The van der Waals surface area contributed by atoms with E-state index in [4.69, 9.17) is 4.74 Å². The van der Waals surface area contributed by atoms with Crippen molar-refractivity contribution >= 4 is 11.8 Å². The van der Waals surface area contributed by atoms with E-state index in [9.17, 15) is 19.2 Å². The zero-order valence-corrected chi connectivity index (χ0v) is 16.1. The number of nitrogens with zero attached hydrogens (tertiary/aromatic N) is 3. The van der Waals surface area contributed by atoms with Gasteiger partial charge in [-0.2, -0.15) is 0 Å². The molecule has 2 bridgehead atoms. The Morgan fingerprint density at radius 1 is 1.07 bits per heavy atom. The molecular weight excluding hydrogens is 362 g/mol. The molecule has 1 aliphatic carbocycles. The predicted molar refractivity (Wildman–Crippen MR) is 100 cm³/mol. The van der Waals surface area contributed by atoms with Crippen molar-refractivity contribution in [2.45, 2.75) is 39.8 Å². The number of esters is 1. The van der Waals surface area contributed by atoms with Gasteiger partial charge in [-0.1, -0.05) is 32.0 Å². The third-order valence-electron chi connectivity index (χ3n) is 5.68. The minimum Gasteiger partial charge on any atom is -0.463 e. The monoisotopic (exact) mass is 383 g/mol. The molecule has 1 aromatic heterocycles. The molecule has 0 amide bonds. The highest BCUT2D eigenvalue weighted by molar-refractivity contribution is 6.04. The Bertz CT molecular complexity index is 1150. The summed E-state index contributed by atoms with van der Waals surface area (Å²) in [4.78, 5) is 52.2. The van der Waals surface area contributed by atoms with Crippen LogP contribution >= 0.6 is 0 Å². The summed E-state index contributed by atoms with van der Waals surface area (Å²) in [6.07, 6.45) is 0. The number of carbonyl (C=O) groups excluding carboxylic acids is 2. The molecule has 146 valence electrons. The second-order valence-electron chi connectivity index (χ2n) is 7.63. The van der Waals surface area contributed by atoms with Crippen LogP contribution in [0.3, 0.4) is 0 Å². The van der Waals surface area contributed by atoms with Crippen LogP contribution in [0.4, 0.5) is 0 Å². The van der Waals surface area contributed by atoms with Crippen molar-refractivity contribution in [2.75, 3.05) is 6.61 Å². The number of hydrogen-bond donors (Lipinski definition) is 0. The predicted octanol–water partition coefficient (Wildman–Crippen LogP) is 1.39. The molecule has 28 heavy (non-hydrogen) atoms. The van der Waals surface area contributed by atoms with Gasteiger partial charge in [0.2, 0.25) is 0 Å². The standard InChI is InChI=1S/C20H21N3O5/c1-5-28-17(25)13-11(2)15-20(3,4)16(24)14(13)22-18(26)21(19(27)23(15)22)12-9-7-6-8-10-12/h6-10,14-15H,5H2,1-4H3. The first-order valence-corrected chi connectivity index (χ1v) is 9.17. The van der Waals surface area contributed by atoms with Crippen molar-refractivity contribution in [3.63, 3.8) is 0 Å². The van der Waals surface area contributed by atoms with E-state index in [0.29, 0.717) is 11.3 Å². The fourth-order valence-corrected chi connectivity index (χ4v) is 4.47. The van der Waals surface area contributed by atoms with Gasteiger partial charge in [-0.05, 0) is 31.6 Å². The number of ether oxygens (including phenoxy) is 1. The molecule has 0 N–H and O–H groups in total. The number of Topliss-reactive ketones (excluding diaryl/α,β-unsaturated/α-hetero) is 1. The maximum Gasteiger partial charge on any atom is 0.352 e. The second-order valence-corrected chi connectivity index (χ2v) is 7.63. The van der Waals surface area contributed by atoms with Crippen LogP contribution in [0.1, 0.15) is 39.8 Å². The minimum atomic E-state index is -1.18. The van der Waals surface area contributed by atoms with E-state index in [2.05, 4.69) is 0 Å². The number of para-hydroxylation sites is 1. The summed E-state index contributed by atoms with van der Waals surface area (Å²) in [5.74, 6) is -0.907. The van der Waals surface area contributed by atoms with Gasteiger partial charge in [-0.3, -0.25) is 4.79 Å². The molecule has 3 aliphatic rings. The number of aromatic nitrogens is 3. The molecule has 5 rings (SSSR count). The SMILES string of the molecule is CCOC(=O)C1=C(C)C2n3c(=O)n(-c4ccccc4)c(=O)n3C1C(=O)C2(C)C. The average molecular weight is 383 g/mol. The van der Waals surface area contributed by atoms with Gasteiger partial charge >= 0.3 is 17.3 Å². The summed E-state index contributed by atoms with van der Waals surface area (Å²) >= 11 is 0. The van der Waals surface area contributed by atoms with E-state index in [1.54, 1.807) is 58.0 Å². The summed E-state index contributed by atoms with van der Waals surface area (Å²) in [6, 6.07) is 6.61. The Kier molecular flexibility index (Phi) is 3.85. The lowest BCUT2D eigenvalue weighted by Crippen LogP contribution is -2.57. The van der Waals surface area contributed by atoms with Crippen LogP contribution in [0.5, 0.6) is 0 Å². The number of allylic oxidation sites excluding steroid dienone is 1. The molecule has 1 aromatic carbocycles. The lowest BCUT2D eigenvalue weighted by molar-refractivity contribution is -0.145. The molecule has 3 heterocycles. The molecular formula is C20H21N3O5. The first kappa shape index (κ1) is 18.2. The van der Waals surface area contributed by atoms with Crippen LogP contribution in [0.15, 0.2) is 51.1 Å². The number of ketones is 1. The van der Waals surface area contributed by atoms with E-state index >= 15 is 0 Å². The molecule has 0 fully saturated rings. The molecule has 0 spiro atoms. The molecule has 2 unspecified atom stereocenters. The van der Waals surface area contributed by atoms with Gasteiger partial charge in [0.25, 0.3) is 0 Å². The van der Waals surface area contributed by atoms with Crippen molar-refractivity contribution in [1.82, 2.24) is 13.9 Å². The Balaban J connectivity index is 2.06. The molecule has 0 radical (unpaired) electrons. The number of rotatable bonds is 3. The van der Waals surface area contributed by atoms with Crippen LogP contribution in [-0.2, 0) is 14.3 Å². The van der Waals surface area contributed by atoms with Crippen LogP contribution in [0, 0.1) is 5.41 Å². The van der Waals surface area contributed by atoms with Crippen molar-refractivity contribution in [1.29, 1.82) is 0 Å². The summed E-state index contributed by atoms with van der Waals surface area (Å²) < 4.78 is 8.61. The minimum absolute atomic E-state index is 0.150. The highest BCUT2D eigenvalue weighted by Gasteiger charge is 2.58. The van der Waals surface area contributed by atoms with Crippen LogP contribution in [0.25, 0.3) is 5.69 Å². The van der Waals surface area contributed by atoms with E-state index in [0.717, 1.165) is 9.25 Å². The van der Waals surface area contributed by atoms with Gasteiger partial charge < -0.3 is 4.74 Å². The van der Waals surface area contributed by atoms with Gasteiger partial charge in [0.05, 0.1) is 29.3 Å². The molecule has 2 aromatic rings. The maximum atomic E-state index is 13.2. The third kappa shape index (κ3) is 2.11. The lowest BCUT2D eigenvalue weighted by Gasteiger charge is -2.47. The fourth-order valence-electron chi connectivity index (χ4n) is 4.47. The Morgan fingerprint density at radius 3 is 2.29 bits per heavy atom. The van der Waals surface area contributed by atoms with Crippen LogP contribution in [0.2, 0.25) is 0 Å². The van der Waals surface area contributed by atoms with Gasteiger partial charge in [0.1, 0.15) is 6.04 Å². The topological polar surface area (TPSA) is 92.3 Å². The van der Waals surface area contributed by atoms with Crippen LogP contribution < -0.4 is 11.4 Å². The average Bonchev–Trinajstić information content (AvgIpc) is 2.90. The first-order chi connectivity index (χ1) is 13.2. The third-order valence-corrected chi connectivity index (χ3v) is 5.68. The molecule has 2 atom stereocenters. The van der Waals surface area contributed by atoms with Gasteiger partial charge in [0.15, 0.2) is 5.78 Å². The van der Waals surface area contributed by atoms with E-state index in [1.165, 1.54) is 4.68 Å². The molecule has 0 saturated carbocycles. The first-order valence-electron chi connectivity index (χ1n) is 9.17. The van der Waals surface area contributed by atoms with E-state index < -0.39 is 34.8 Å². The Morgan fingerprint density at radius 2 is 1.68 bits per heavy atom. The Hall–Kier alpha value is -3.16. The normalized spacial score (nSPS) is 22.4. The number of hydrogen-bond acceptors (Lipinski definition) is 5. The summed E-state index contributed by atoms with van der Waals surface area (Å²) in [5.41, 5.74) is -0.974. The Labute approximate surface area is 160 Å². The largest absolute Gasteiger partial charge is 0.463 e. The fraction of sp³-hybridized carbons (Fsp3) is 0.400. The van der Waals surface area contributed by atoms with Gasteiger partial charge in [-0.25, -0.2) is 28.3 Å². The van der Waals surface area contributed by atoms with Crippen molar-refractivity contribution in [3.05, 3.63) is 62.4 Å². The summed E-state index contributed by atoms with van der Waals surface area (Å²) in [7, 11) is 0. The van der Waals surface area contributed by atoms with E-state index in [1.807, 2.05) is 0 Å². The van der Waals surface area contributed by atoms with Gasteiger partial charge in [0, 0.05) is 0 Å². The van der Waals surface area contributed by atoms with Crippen molar-refractivity contribution in [3.8, 4) is 5.69 Å². The lowest BCUT2D eigenvalue weighted by atomic mass is 9.66. The second kappa shape index (κ2) is 5.92. The smallest absolute Gasteiger partial charge is 0.352 e. The summed E-state index contributed by atoms with van der Waals surface area (Å²) in [6.45, 7) is 7.02. The van der Waals surface area contributed by atoms with Gasteiger partial charge in [-0.15, -0.1) is 0 Å². The number of carbonyl (C=O) groups is 2. The number of fused-ring (bicyclic) bond motifs is 1. The molecule has 8 nitrogen and oxygen atoms in total. The quantitative estimate of drug-likeness (QED) is 0.747. The van der Waals surface area contributed by atoms with Crippen LogP contribution in [-0.4, -0.2) is 32.3 Å². The maximum absolute atomic E-state index is 13.2. The van der Waals surface area contributed by atoms with E-state index in [-0.39, 0.29) is 18.0 Å². The highest BCUT2D eigenvalue weighted by atomic mass is 16.5. The van der Waals surface area contributed by atoms with Crippen molar-refractivity contribution < 1.29 is 14.3 Å². The highest BCUT2D eigenvalue weighted by Crippen LogP contribution is 2.51.